The zero-order chi connectivity index (χ0) is 25.0. The molecule has 35 heavy (non-hydrogen) atoms. The van der Waals surface area contributed by atoms with Crippen molar-refractivity contribution in [1.82, 2.24) is 14.2 Å². The van der Waals surface area contributed by atoms with Crippen molar-refractivity contribution in [3.05, 3.63) is 78.6 Å². The largest absolute Gasteiger partial charge is 0.487 e. The minimum absolute atomic E-state index is 0.108. The van der Waals surface area contributed by atoms with E-state index in [9.17, 15) is 13.5 Å². The SMILES string of the molecule is C[C@@H]1CN([C@@H](C)CO)S(=O)(=O)c2ccc(-c3ccccc3)cc2O[C@H]1CN(C)Cc1cccnc1. The number of hydrogen-bond donors (Lipinski definition) is 1. The number of aliphatic hydroxyl groups excluding tert-OH is 1. The number of pyridine rings is 1. The Kier molecular flexibility index (Phi) is 7.86. The number of nitrogens with zero attached hydrogens (tertiary/aromatic N) is 3. The first-order valence-electron chi connectivity index (χ1n) is 11.9. The van der Waals surface area contributed by atoms with E-state index >= 15 is 0 Å². The van der Waals surface area contributed by atoms with Gasteiger partial charge in [-0.15, -0.1) is 0 Å². The molecule has 8 heteroatoms. The van der Waals surface area contributed by atoms with Crippen molar-refractivity contribution in [2.75, 3.05) is 26.7 Å². The molecule has 0 amide bonds. The van der Waals surface area contributed by atoms with Gasteiger partial charge in [0.2, 0.25) is 10.0 Å². The molecule has 1 aliphatic heterocycles. The first kappa shape index (κ1) is 25.3. The summed E-state index contributed by atoms with van der Waals surface area (Å²) in [5, 5.41) is 9.83. The number of rotatable bonds is 7. The van der Waals surface area contributed by atoms with E-state index in [2.05, 4.69) is 9.88 Å². The predicted molar refractivity (Wildman–Crippen MR) is 136 cm³/mol. The van der Waals surface area contributed by atoms with Crippen LogP contribution in [-0.2, 0) is 16.6 Å². The van der Waals surface area contributed by atoms with Crippen LogP contribution in [0.25, 0.3) is 11.1 Å². The van der Waals surface area contributed by atoms with Crippen LogP contribution in [0.3, 0.4) is 0 Å². The lowest BCUT2D eigenvalue weighted by Gasteiger charge is -2.37. The van der Waals surface area contributed by atoms with Crippen LogP contribution >= 0.6 is 0 Å². The highest BCUT2D eigenvalue weighted by atomic mass is 32.2. The molecule has 4 rings (SSSR count). The van der Waals surface area contributed by atoms with Crippen molar-refractivity contribution < 1.29 is 18.3 Å². The summed E-state index contributed by atoms with van der Waals surface area (Å²) in [6.07, 6.45) is 3.34. The fraction of sp³-hybridized carbons (Fsp3) is 0.370. The topological polar surface area (TPSA) is 83.0 Å². The highest BCUT2D eigenvalue weighted by Crippen LogP contribution is 2.36. The maximum Gasteiger partial charge on any atom is 0.247 e. The van der Waals surface area contributed by atoms with E-state index < -0.39 is 16.1 Å². The third kappa shape index (κ3) is 5.73. The van der Waals surface area contributed by atoms with Crippen molar-refractivity contribution in [3.8, 4) is 16.9 Å². The van der Waals surface area contributed by atoms with Crippen LogP contribution < -0.4 is 4.74 Å². The van der Waals surface area contributed by atoms with Gasteiger partial charge in [-0.05, 0) is 48.9 Å². The standard InChI is InChI=1S/C27H33N3O4S/c1-20-16-30(21(2)19-31)35(32,33)27-12-11-24(23-9-5-4-6-10-23)14-25(27)34-26(20)18-29(3)17-22-8-7-13-28-15-22/h4-15,20-21,26,31H,16-19H2,1-3H3/t20-,21+,26+/m1/s1. The highest BCUT2D eigenvalue weighted by Gasteiger charge is 2.38. The van der Waals surface area contributed by atoms with E-state index in [0.29, 0.717) is 18.8 Å². The van der Waals surface area contributed by atoms with Gasteiger partial charge < -0.3 is 9.84 Å². The molecule has 0 saturated heterocycles. The molecule has 186 valence electrons. The lowest BCUT2D eigenvalue weighted by molar-refractivity contribution is 0.0734. The molecule has 0 aliphatic carbocycles. The average molecular weight is 496 g/mol. The summed E-state index contributed by atoms with van der Waals surface area (Å²) in [6.45, 7) is 5.04. The Labute approximate surface area is 208 Å². The van der Waals surface area contributed by atoms with Crippen LogP contribution in [-0.4, -0.2) is 66.6 Å². The molecule has 3 aromatic rings. The summed E-state index contributed by atoms with van der Waals surface area (Å²) >= 11 is 0. The second-order valence-electron chi connectivity index (χ2n) is 9.33. The molecule has 1 N–H and O–H groups in total. The second kappa shape index (κ2) is 10.9. The molecule has 1 aromatic heterocycles. The summed E-state index contributed by atoms with van der Waals surface area (Å²) in [6, 6.07) is 18.5. The number of benzene rings is 2. The summed E-state index contributed by atoms with van der Waals surface area (Å²) in [7, 11) is -1.84. The third-order valence-electron chi connectivity index (χ3n) is 6.44. The van der Waals surface area contributed by atoms with Crippen LogP contribution in [0.5, 0.6) is 5.75 Å². The number of ether oxygens (including phenoxy) is 1. The van der Waals surface area contributed by atoms with Crippen LogP contribution in [0.15, 0.2) is 78.0 Å². The Bertz CT molecular complexity index is 1220. The van der Waals surface area contributed by atoms with Gasteiger partial charge >= 0.3 is 0 Å². The number of fused-ring (bicyclic) bond motifs is 1. The van der Waals surface area contributed by atoms with Crippen molar-refractivity contribution in [1.29, 1.82) is 0 Å². The van der Waals surface area contributed by atoms with Gasteiger partial charge in [-0.2, -0.15) is 4.31 Å². The summed E-state index contributed by atoms with van der Waals surface area (Å²) in [4.78, 5) is 6.49. The van der Waals surface area contributed by atoms with Crippen molar-refractivity contribution in [3.63, 3.8) is 0 Å². The number of aromatic nitrogens is 1. The Morgan fingerprint density at radius 1 is 1.14 bits per heavy atom. The van der Waals surface area contributed by atoms with Crippen LogP contribution in [0.1, 0.15) is 19.4 Å². The lowest BCUT2D eigenvalue weighted by atomic mass is 10.0. The lowest BCUT2D eigenvalue weighted by Crippen LogP contribution is -2.49. The van der Waals surface area contributed by atoms with Crippen LogP contribution in [0.2, 0.25) is 0 Å². The Hall–Kier alpha value is -2.78. The smallest absolute Gasteiger partial charge is 0.247 e. The fourth-order valence-corrected chi connectivity index (χ4v) is 6.25. The number of aliphatic hydroxyl groups is 1. The molecule has 2 aromatic carbocycles. The molecule has 0 spiro atoms. The molecule has 0 bridgehead atoms. The Balaban J connectivity index is 1.72. The van der Waals surface area contributed by atoms with Crippen LogP contribution in [0.4, 0.5) is 0 Å². The minimum Gasteiger partial charge on any atom is -0.487 e. The third-order valence-corrected chi connectivity index (χ3v) is 8.46. The number of hydrogen-bond acceptors (Lipinski definition) is 6. The van der Waals surface area contributed by atoms with Gasteiger partial charge in [0.15, 0.2) is 0 Å². The van der Waals surface area contributed by atoms with Gasteiger partial charge in [-0.1, -0.05) is 49.4 Å². The van der Waals surface area contributed by atoms with Crippen molar-refractivity contribution in [2.24, 2.45) is 5.92 Å². The van der Waals surface area contributed by atoms with Gasteiger partial charge in [-0.25, -0.2) is 8.42 Å². The minimum atomic E-state index is -3.86. The normalized spacial score (nSPS) is 20.9. The van der Waals surface area contributed by atoms with E-state index in [1.165, 1.54) is 4.31 Å². The molecule has 2 heterocycles. The second-order valence-corrected chi connectivity index (χ2v) is 11.2. The Morgan fingerprint density at radius 3 is 2.60 bits per heavy atom. The average Bonchev–Trinajstić information content (AvgIpc) is 2.86. The molecular formula is C27H33N3O4S. The zero-order valence-electron chi connectivity index (χ0n) is 20.4. The van der Waals surface area contributed by atoms with E-state index in [4.69, 9.17) is 4.74 Å². The monoisotopic (exact) mass is 495 g/mol. The number of sulfonamides is 1. The molecule has 3 atom stereocenters. The molecular weight excluding hydrogens is 462 g/mol. The predicted octanol–water partition coefficient (Wildman–Crippen LogP) is 3.65. The first-order valence-corrected chi connectivity index (χ1v) is 13.3. The highest BCUT2D eigenvalue weighted by molar-refractivity contribution is 7.89. The van der Waals surface area contributed by atoms with E-state index in [-0.39, 0.29) is 30.1 Å². The van der Waals surface area contributed by atoms with Gasteiger partial charge in [0.25, 0.3) is 0 Å². The molecule has 7 nitrogen and oxygen atoms in total. The molecule has 0 saturated carbocycles. The van der Waals surface area contributed by atoms with Gasteiger partial charge in [0.05, 0.1) is 6.61 Å². The quantitative estimate of drug-likeness (QED) is 0.539. The van der Waals surface area contributed by atoms with E-state index in [1.807, 2.05) is 74.8 Å². The van der Waals surface area contributed by atoms with Gasteiger partial charge in [0, 0.05) is 44.0 Å². The maximum atomic E-state index is 13.7. The maximum absolute atomic E-state index is 13.7. The zero-order valence-corrected chi connectivity index (χ0v) is 21.2. The first-order chi connectivity index (χ1) is 16.8. The summed E-state index contributed by atoms with van der Waals surface area (Å²) in [5.74, 6) is 0.233. The molecule has 0 radical (unpaired) electrons. The fourth-order valence-electron chi connectivity index (χ4n) is 4.43. The van der Waals surface area contributed by atoms with Gasteiger partial charge in [-0.3, -0.25) is 9.88 Å². The van der Waals surface area contributed by atoms with Crippen molar-refractivity contribution >= 4 is 10.0 Å². The van der Waals surface area contributed by atoms with E-state index in [0.717, 1.165) is 16.7 Å². The summed E-state index contributed by atoms with van der Waals surface area (Å²) in [5.41, 5.74) is 2.97. The summed E-state index contributed by atoms with van der Waals surface area (Å²) < 4.78 is 35.2. The molecule has 0 fully saturated rings. The van der Waals surface area contributed by atoms with Gasteiger partial charge in [0.1, 0.15) is 16.7 Å². The van der Waals surface area contributed by atoms with Crippen molar-refractivity contribution in [2.45, 2.75) is 37.4 Å². The molecule has 1 aliphatic rings. The Morgan fingerprint density at radius 2 is 1.91 bits per heavy atom. The number of likely N-dealkylation sites (N-methyl/N-ethyl adjacent to an activating group) is 1. The van der Waals surface area contributed by atoms with E-state index in [1.54, 1.807) is 19.2 Å². The van der Waals surface area contributed by atoms with Crippen LogP contribution in [0, 0.1) is 5.92 Å². The molecule has 0 unspecified atom stereocenters.